The minimum Gasteiger partial charge on any atom is -0.490 e. The molecule has 1 saturated heterocycles. The average Bonchev–Trinajstić information content (AvgIpc) is 2.49. The third-order valence-corrected chi connectivity index (χ3v) is 4.44. The molecule has 0 bridgehead atoms. The van der Waals surface area contributed by atoms with E-state index in [2.05, 4.69) is 4.90 Å². The number of rotatable bonds is 3. The normalized spacial score (nSPS) is 27.8. The molecule has 1 fully saturated rings. The van der Waals surface area contributed by atoms with Crippen molar-refractivity contribution < 1.29 is 19.3 Å². The van der Waals surface area contributed by atoms with Crippen LogP contribution in [0.5, 0.6) is 11.5 Å². The summed E-state index contributed by atoms with van der Waals surface area (Å²) < 4.78 is 17.4. The molecule has 3 rings (SSSR count). The van der Waals surface area contributed by atoms with Crippen LogP contribution >= 0.6 is 0 Å². The van der Waals surface area contributed by atoms with E-state index in [1.165, 1.54) is 0 Å². The Kier molecular flexibility index (Phi) is 4.30. The molecule has 0 radical (unpaired) electrons. The first-order valence-electron chi connectivity index (χ1n) is 7.99. The first-order valence-corrected chi connectivity index (χ1v) is 7.99. The van der Waals surface area contributed by atoms with Gasteiger partial charge in [0, 0.05) is 18.7 Å². The lowest BCUT2D eigenvalue weighted by molar-refractivity contribution is -0.107. The van der Waals surface area contributed by atoms with Gasteiger partial charge in [-0.1, -0.05) is 12.1 Å². The second-order valence-corrected chi connectivity index (χ2v) is 6.35. The molecule has 1 N–H and O–H groups in total. The average molecular weight is 307 g/mol. The minimum absolute atomic E-state index is 0.0965. The molecule has 0 spiro atoms. The minimum atomic E-state index is -0.600. The first-order chi connectivity index (χ1) is 10.5. The van der Waals surface area contributed by atoms with Gasteiger partial charge in [0.2, 0.25) is 0 Å². The highest BCUT2D eigenvalue weighted by Crippen LogP contribution is 2.46. The summed E-state index contributed by atoms with van der Waals surface area (Å²) in [4.78, 5) is 2.27. The Morgan fingerprint density at radius 1 is 1.32 bits per heavy atom. The third-order valence-electron chi connectivity index (χ3n) is 4.44. The van der Waals surface area contributed by atoms with Crippen molar-refractivity contribution in [3.05, 3.63) is 23.8 Å². The fraction of sp³-hybridized carbons (Fsp3) is 0.647. The summed E-state index contributed by atoms with van der Waals surface area (Å²) in [6, 6.07) is 5.62. The van der Waals surface area contributed by atoms with Gasteiger partial charge in [-0.3, -0.25) is 4.90 Å². The zero-order valence-electron chi connectivity index (χ0n) is 13.5. The van der Waals surface area contributed by atoms with Crippen LogP contribution in [0.4, 0.5) is 0 Å². The molecule has 2 unspecified atom stereocenters. The fourth-order valence-corrected chi connectivity index (χ4v) is 3.51. The lowest BCUT2D eigenvalue weighted by Gasteiger charge is -2.49. The smallest absolute Gasteiger partial charge is 0.167 e. The number of morpholine rings is 1. The Hall–Kier alpha value is -1.30. The molecule has 1 aromatic carbocycles. The molecule has 2 heterocycles. The molecule has 2 aliphatic rings. The van der Waals surface area contributed by atoms with Gasteiger partial charge in [-0.15, -0.1) is 0 Å². The first kappa shape index (κ1) is 15.6. The van der Waals surface area contributed by atoms with Crippen LogP contribution < -0.4 is 9.47 Å². The van der Waals surface area contributed by atoms with E-state index in [-0.39, 0.29) is 6.04 Å². The van der Waals surface area contributed by atoms with E-state index in [9.17, 15) is 5.11 Å². The molecule has 5 nitrogen and oxygen atoms in total. The van der Waals surface area contributed by atoms with Crippen LogP contribution in [0.2, 0.25) is 0 Å². The van der Waals surface area contributed by atoms with Crippen molar-refractivity contribution in [3.63, 3.8) is 0 Å². The summed E-state index contributed by atoms with van der Waals surface area (Å²) in [7, 11) is 0. The lowest BCUT2D eigenvalue weighted by atomic mass is 9.84. The molecule has 0 aromatic heterocycles. The number of aliphatic hydroxyl groups excluding tert-OH is 1. The van der Waals surface area contributed by atoms with Gasteiger partial charge < -0.3 is 19.3 Å². The van der Waals surface area contributed by atoms with Crippen LogP contribution in [0, 0.1) is 0 Å². The molecule has 1 aromatic rings. The van der Waals surface area contributed by atoms with Crippen molar-refractivity contribution in [2.75, 3.05) is 32.9 Å². The maximum absolute atomic E-state index is 11.0. The number of benzene rings is 1. The summed E-state index contributed by atoms with van der Waals surface area (Å²) in [6.07, 6.45) is -0.600. The number of hydrogen-bond donors (Lipinski definition) is 1. The SMILES string of the molecule is CCOc1cccc2c1OC(C)(C)C(N1CCOCC1)C2O. The van der Waals surface area contributed by atoms with Gasteiger partial charge in [-0.05, 0) is 26.8 Å². The van der Waals surface area contributed by atoms with E-state index < -0.39 is 11.7 Å². The van der Waals surface area contributed by atoms with Gasteiger partial charge >= 0.3 is 0 Å². The Balaban J connectivity index is 1.97. The maximum atomic E-state index is 11.0. The maximum Gasteiger partial charge on any atom is 0.167 e. The van der Waals surface area contributed by atoms with E-state index in [4.69, 9.17) is 14.2 Å². The van der Waals surface area contributed by atoms with E-state index in [1.54, 1.807) is 0 Å². The van der Waals surface area contributed by atoms with E-state index in [0.29, 0.717) is 31.3 Å². The van der Waals surface area contributed by atoms with Crippen molar-refractivity contribution in [2.24, 2.45) is 0 Å². The van der Waals surface area contributed by atoms with E-state index in [0.717, 1.165) is 18.7 Å². The topological polar surface area (TPSA) is 51.2 Å². The number of fused-ring (bicyclic) bond motifs is 1. The standard InChI is InChI=1S/C17H25NO4/c1-4-21-13-7-5-6-12-14(19)16(17(2,3)22-15(12)13)18-8-10-20-11-9-18/h5-7,14,16,19H,4,8-11H2,1-3H3. The summed E-state index contributed by atoms with van der Waals surface area (Å²) >= 11 is 0. The number of aliphatic hydroxyl groups is 1. The molecular formula is C17H25NO4. The summed E-state index contributed by atoms with van der Waals surface area (Å²) in [5.41, 5.74) is 0.304. The van der Waals surface area contributed by atoms with Crippen LogP contribution in [-0.2, 0) is 4.74 Å². The van der Waals surface area contributed by atoms with Crippen molar-refractivity contribution in [2.45, 2.75) is 38.5 Å². The highest BCUT2D eigenvalue weighted by atomic mass is 16.5. The zero-order valence-corrected chi connectivity index (χ0v) is 13.5. The van der Waals surface area contributed by atoms with E-state index >= 15 is 0 Å². The van der Waals surface area contributed by atoms with Crippen molar-refractivity contribution in [1.82, 2.24) is 4.90 Å². The third kappa shape index (κ3) is 2.69. The largest absolute Gasteiger partial charge is 0.490 e. The molecule has 0 amide bonds. The molecule has 5 heteroatoms. The Labute approximate surface area is 131 Å². The summed E-state index contributed by atoms with van der Waals surface area (Å²) in [6.45, 7) is 9.61. The van der Waals surface area contributed by atoms with Gasteiger partial charge in [-0.25, -0.2) is 0 Å². The zero-order chi connectivity index (χ0) is 15.7. The van der Waals surface area contributed by atoms with E-state index in [1.807, 2.05) is 39.0 Å². The Morgan fingerprint density at radius 3 is 2.73 bits per heavy atom. The Morgan fingerprint density at radius 2 is 2.05 bits per heavy atom. The number of ether oxygens (including phenoxy) is 3. The second-order valence-electron chi connectivity index (χ2n) is 6.35. The molecule has 122 valence electrons. The van der Waals surface area contributed by atoms with Gasteiger partial charge in [-0.2, -0.15) is 0 Å². The second kappa shape index (κ2) is 6.07. The van der Waals surface area contributed by atoms with Crippen LogP contribution in [0.3, 0.4) is 0 Å². The van der Waals surface area contributed by atoms with Crippen molar-refractivity contribution in [3.8, 4) is 11.5 Å². The monoisotopic (exact) mass is 307 g/mol. The van der Waals surface area contributed by atoms with Crippen LogP contribution in [-0.4, -0.2) is 54.6 Å². The van der Waals surface area contributed by atoms with Gasteiger partial charge in [0.25, 0.3) is 0 Å². The number of para-hydroxylation sites is 1. The number of hydrogen-bond acceptors (Lipinski definition) is 5. The van der Waals surface area contributed by atoms with Crippen LogP contribution in [0.25, 0.3) is 0 Å². The number of nitrogens with zero attached hydrogens (tertiary/aromatic N) is 1. The fourth-order valence-electron chi connectivity index (χ4n) is 3.51. The summed E-state index contributed by atoms with van der Waals surface area (Å²) in [5.74, 6) is 1.37. The van der Waals surface area contributed by atoms with Gasteiger partial charge in [0.05, 0.1) is 25.9 Å². The quantitative estimate of drug-likeness (QED) is 0.925. The molecule has 22 heavy (non-hydrogen) atoms. The predicted molar refractivity (Wildman–Crippen MR) is 83.5 cm³/mol. The van der Waals surface area contributed by atoms with Gasteiger partial charge in [0.1, 0.15) is 11.7 Å². The summed E-state index contributed by atoms with van der Waals surface area (Å²) in [5, 5.41) is 11.0. The van der Waals surface area contributed by atoms with Gasteiger partial charge in [0.15, 0.2) is 11.5 Å². The molecule has 2 atom stereocenters. The Bertz CT molecular complexity index is 525. The molecule has 2 aliphatic heterocycles. The molecular weight excluding hydrogens is 282 g/mol. The highest BCUT2D eigenvalue weighted by molar-refractivity contribution is 5.50. The highest BCUT2D eigenvalue weighted by Gasteiger charge is 2.47. The predicted octanol–water partition coefficient (Wildman–Crippen LogP) is 1.99. The molecule has 0 saturated carbocycles. The van der Waals surface area contributed by atoms with Crippen LogP contribution in [0.15, 0.2) is 18.2 Å². The van der Waals surface area contributed by atoms with Crippen molar-refractivity contribution in [1.29, 1.82) is 0 Å². The van der Waals surface area contributed by atoms with Crippen LogP contribution in [0.1, 0.15) is 32.4 Å². The van der Waals surface area contributed by atoms with Crippen molar-refractivity contribution >= 4 is 0 Å². The lowest BCUT2D eigenvalue weighted by Crippen LogP contribution is -2.60. The molecule has 0 aliphatic carbocycles.